The van der Waals surface area contributed by atoms with E-state index < -0.39 is 11.7 Å². The van der Waals surface area contributed by atoms with Gasteiger partial charge in [-0.15, -0.1) is 0 Å². The molecule has 0 aliphatic rings. The number of hydrogen-bond donors (Lipinski definition) is 1. The van der Waals surface area contributed by atoms with E-state index in [1.54, 1.807) is 25.1 Å². The largest absolute Gasteiger partial charge is 0.450 e. The molecule has 128 valence electrons. The lowest BCUT2D eigenvalue weighted by Crippen LogP contribution is -2.16. The van der Waals surface area contributed by atoms with Crippen molar-refractivity contribution in [2.45, 2.75) is 12.7 Å². The van der Waals surface area contributed by atoms with Crippen LogP contribution in [0.1, 0.15) is 12.5 Å². The van der Waals surface area contributed by atoms with Gasteiger partial charge in [0.05, 0.1) is 6.61 Å². The summed E-state index contributed by atoms with van der Waals surface area (Å²) in [6.45, 7) is 2.00. The second-order valence-corrected chi connectivity index (χ2v) is 6.71. The lowest BCUT2D eigenvalue weighted by atomic mass is 10.1. The van der Waals surface area contributed by atoms with Crippen LogP contribution in [0, 0.1) is 0 Å². The Morgan fingerprint density at radius 2 is 2.12 bits per heavy atom. The molecular weight excluding hydrogens is 348 g/mol. The van der Waals surface area contributed by atoms with E-state index in [0.717, 1.165) is 15.3 Å². The topological polar surface area (TPSA) is 71.8 Å². The molecule has 1 aromatic heterocycles. The summed E-state index contributed by atoms with van der Waals surface area (Å²) in [5, 5.41) is 3.39. The third-order valence-corrected chi connectivity index (χ3v) is 4.85. The molecule has 8 heteroatoms. The van der Waals surface area contributed by atoms with Crippen LogP contribution in [0.2, 0.25) is 0 Å². The molecule has 0 spiro atoms. The Kier molecular flexibility index (Phi) is 6.22. The number of nitrogens with zero attached hydrogens (tertiary/aromatic N) is 1. The van der Waals surface area contributed by atoms with Crippen molar-refractivity contribution in [3.05, 3.63) is 40.2 Å². The fourth-order valence-electron chi connectivity index (χ4n) is 1.98. The van der Waals surface area contributed by atoms with Crippen molar-refractivity contribution in [2.75, 3.05) is 26.0 Å². The SMILES string of the molecule is CCOC(=O)Nc1ccc2c(CSC(=S)N(C)C)cc(=O)oc2c1. The normalized spacial score (nSPS) is 10.5. The average Bonchev–Trinajstić information content (AvgIpc) is 2.51. The van der Waals surface area contributed by atoms with Crippen LogP contribution in [0.5, 0.6) is 0 Å². The highest BCUT2D eigenvalue weighted by Crippen LogP contribution is 2.25. The molecule has 0 saturated carbocycles. The van der Waals surface area contributed by atoms with Crippen molar-refractivity contribution in [3.8, 4) is 0 Å². The van der Waals surface area contributed by atoms with Crippen LogP contribution in [0.25, 0.3) is 11.0 Å². The third kappa shape index (κ3) is 4.72. The number of anilines is 1. The molecule has 0 fully saturated rings. The van der Waals surface area contributed by atoms with Crippen LogP contribution >= 0.6 is 24.0 Å². The van der Waals surface area contributed by atoms with Gasteiger partial charge in [0.15, 0.2) is 0 Å². The predicted octanol–water partition coefficient (Wildman–Crippen LogP) is 3.44. The number of thioether (sulfide) groups is 1. The highest BCUT2D eigenvalue weighted by molar-refractivity contribution is 8.22. The molecule has 1 N–H and O–H groups in total. The molecule has 2 aromatic rings. The number of hydrogen-bond acceptors (Lipinski definition) is 6. The number of nitrogens with one attached hydrogen (secondary N) is 1. The van der Waals surface area contributed by atoms with Gasteiger partial charge in [0.2, 0.25) is 0 Å². The molecular formula is C16H18N2O4S2. The first-order chi connectivity index (χ1) is 11.4. The zero-order valence-electron chi connectivity index (χ0n) is 13.6. The van der Waals surface area contributed by atoms with Gasteiger partial charge in [-0.1, -0.05) is 24.0 Å². The summed E-state index contributed by atoms with van der Waals surface area (Å²) in [6, 6.07) is 6.60. The Bertz CT molecular complexity index is 817. The first-order valence-corrected chi connectivity index (χ1v) is 8.64. The van der Waals surface area contributed by atoms with Crippen molar-refractivity contribution in [1.29, 1.82) is 0 Å². The summed E-state index contributed by atoms with van der Waals surface area (Å²) < 4.78 is 10.8. The van der Waals surface area contributed by atoms with Gasteiger partial charge in [-0.05, 0) is 24.6 Å². The zero-order valence-corrected chi connectivity index (χ0v) is 15.3. The van der Waals surface area contributed by atoms with Crippen LogP contribution < -0.4 is 10.9 Å². The lowest BCUT2D eigenvalue weighted by molar-refractivity contribution is 0.168. The minimum atomic E-state index is -0.553. The monoisotopic (exact) mass is 366 g/mol. The maximum atomic E-state index is 11.8. The Hall–Kier alpha value is -2.06. The number of fused-ring (bicyclic) bond motifs is 1. The molecule has 6 nitrogen and oxygen atoms in total. The maximum Gasteiger partial charge on any atom is 0.411 e. The fourth-order valence-corrected chi connectivity index (χ4v) is 2.93. The van der Waals surface area contributed by atoms with Crippen LogP contribution in [-0.4, -0.2) is 36.0 Å². The number of ether oxygens (including phenoxy) is 1. The van der Waals surface area contributed by atoms with Crippen molar-refractivity contribution >= 4 is 51.1 Å². The average molecular weight is 366 g/mol. The van der Waals surface area contributed by atoms with E-state index in [-0.39, 0.29) is 6.61 Å². The minimum Gasteiger partial charge on any atom is -0.450 e. The van der Waals surface area contributed by atoms with Crippen molar-refractivity contribution in [3.63, 3.8) is 0 Å². The van der Waals surface area contributed by atoms with E-state index in [1.165, 1.54) is 17.8 Å². The summed E-state index contributed by atoms with van der Waals surface area (Å²) >= 11 is 6.72. The van der Waals surface area contributed by atoms with Crippen molar-refractivity contribution < 1.29 is 13.9 Å². The Morgan fingerprint density at radius 3 is 2.79 bits per heavy atom. The van der Waals surface area contributed by atoms with Gasteiger partial charge >= 0.3 is 11.7 Å². The van der Waals surface area contributed by atoms with Crippen LogP contribution in [0.4, 0.5) is 10.5 Å². The molecule has 24 heavy (non-hydrogen) atoms. The number of amides is 1. The van der Waals surface area contributed by atoms with Crippen LogP contribution in [-0.2, 0) is 10.5 Å². The zero-order chi connectivity index (χ0) is 17.7. The van der Waals surface area contributed by atoms with Crippen molar-refractivity contribution in [1.82, 2.24) is 4.90 Å². The molecule has 0 aliphatic carbocycles. The smallest absolute Gasteiger partial charge is 0.411 e. The lowest BCUT2D eigenvalue weighted by Gasteiger charge is -2.13. The van der Waals surface area contributed by atoms with E-state index in [9.17, 15) is 9.59 Å². The molecule has 0 aliphatic heterocycles. The first kappa shape index (κ1) is 18.3. The minimum absolute atomic E-state index is 0.279. The first-order valence-electron chi connectivity index (χ1n) is 7.25. The van der Waals surface area contributed by atoms with E-state index in [2.05, 4.69) is 5.32 Å². The summed E-state index contributed by atoms with van der Waals surface area (Å²) in [5.74, 6) is 0.559. The fraction of sp³-hybridized carbons (Fsp3) is 0.312. The van der Waals surface area contributed by atoms with Gasteiger partial charge < -0.3 is 14.1 Å². The predicted molar refractivity (Wildman–Crippen MR) is 101 cm³/mol. The summed E-state index contributed by atoms with van der Waals surface area (Å²) in [5.41, 5.74) is 1.29. The molecule has 2 rings (SSSR count). The number of rotatable bonds is 4. The second kappa shape index (κ2) is 8.16. The summed E-state index contributed by atoms with van der Waals surface area (Å²) in [6.07, 6.45) is -0.553. The summed E-state index contributed by atoms with van der Waals surface area (Å²) in [4.78, 5) is 25.1. The van der Waals surface area contributed by atoms with Gasteiger partial charge in [-0.2, -0.15) is 0 Å². The van der Waals surface area contributed by atoms with E-state index in [1.807, 2.05) is 19.0 Å². The molecule has 1 amide bonds. The highest BCUT2D eigenvalue weighted by atomic mass is 32.2. The van der Waals surface area contributed by atoms with Crippen LogP contribution in [0.15, 0.2) is 33.5 Å². The van der Waals surface area contributed by atoms with E-state index in [0.29, 0.717) is 17.0 Å². The molecule has 0 saturated heterocycles. The van der Waals surface area contributed by atoms with Gasteiger partial charge in [0, 0.05) is 43.1 Å². The quantitative estimate of drug-likeness (QED) is 0.656. The van der Waals surface area contributed by atoms with E-state index >= 15 is 0 Å². The Balaban J connectivity index is 2.28. The maximum absolute atomic E-state index is 11.8. The molecule has 0 unspecified atom stereocenters. The molecule has 1 aromatic carbocycles. The molecule has 0 radical (unpaired) electrons. The number of carbonyl (C=O) groups is 1. The highest BCUT2D eigenvalue weighted by Gasteiger charge is 2.10. The van der Waals surface area contributed by atoms with Crippen LogP contribution in [0.3, 0.4) is 0 Å². The van der Waals surface area contributed by atoms with Gasteiger partial charge in [0.25, 0.3) is 0 Å². The number of carbonyl (C=O) groups excluding carboxylic acids is 1. The number of thiocarbonyl (C=S) groups is 1. The van der Waals surface area contributed by atoms with E-state index in [4.69, 9.17) is 21.4 Å². The van der Waals surface area contributed by atoms with Gasteiger partial charge in [-0.3, -0.25) is 5.32 Å². The molecule has 1 heterocycles. The Labute approximate surface area is 149 Å². The second-order valence-electron chi connectivity index (χ2n) is 5.10. The van der Waals surface area contributed by atoms with Gasteiger partial charge in [0.1, 0.15) is 9.90 Å². The van der Waals surface area contributed by atoms with Gasteiger partial charge in [-0.25, -0.2) is 9.59 Å². The van der Waals surface area contributed by atoms with Crippen molar-refractivity contribution in [2.24, 2.45) is 0 Å². The number of benzene rings is 1. The Morgan fingerprint density at radius 1 is 1.38 bits per heavy atom. The third-order valence-electron chi connectivity index (χ3n) is 3.07. The summed E-state index contributed by atoms with van der Waals surface area (Å²) in [7, 11) is 3.75. The molecule has 0 atom stereocenters. The molecule has 0 bridgehead atoms. The standard InChI is InChI=1S/C16H18N2O4S2/c1-4-21-15(20)17-11-5-6-12-10(9-24-16(23)18(2)3)7-14(19)22-13(12)8-11/h5-8H,4,9H2,1-3H3,(H,17,20).